The lowest BCUT2D eigenvalue weighted by molar-refractivity contribution is -0.151. The van der Waals surface area contributed by atoms with Gasteiger partial charge in [0.1, 0.15) is 5.66 Å². The molecule has 16 heteroatoms. The molecule has 0 aromatic rings. The van der Waals surface area contributed by atoms with Crippen molar-refractivity contribution in [2.24, 2.45) is 11.3 Å². The molecule has 0 bridgehead atoms. The highest BCUT2D eigenvalue weighted by Crippen LogP contribution is 2.49. The minimum Gasteiger partial charge on any atom is -0.481 e. The Hall–Kier alpha value is -1.30. The Kier molecular flexibility index (Phi) is 13.8. The second kappa shape index (κ2) is 15.2. The van der Waals surface area contributed by atoms with E-state index in [1.54, 1.807) is 0 Å². The predicted molar refractivity (Wildman–Crippen MR) is 131 cm³/mol. The summed E-state index contributed by atoms with van der Waals surface area (Å²) in [6.45, 7) is 3.62. The number of nitrogens with one attached hydrogen (secondary N) is 1. The van der Waals surface area contributed by atoms with Crippen LogP contribution in [0.1, 0.15) is 65.7 Å². The van der Waals surface area contributed by atoms with Gasteiger partial charge in [-0.05, 0) is 19.3 Å². The van der Waals surface area contributed by atoms with E-state index in [1.165, 1.54) is 20.8 Å². The van der Waals surface area contributed by atoms with Crippen LogP contribution in [0.15, 0.2) is 0 Å². The first-order valence-corrected chi connectivity index (χ1v) is 15.9. The third kappa shape index (κ3) is 11.4. The first-order valence-electron chi connectivity index (χ1n) is 11.7. The van der Waals surface area contributed by atoms with Crippen LogP contribution < -0.4 is 5.32 Å². The molecule has 210 valence electrons. The molecule has 3 N–H and O–H groups in total. The fourth-order valence-electron chi connectivity index (χ4n) is 4.06. The molecule has 1 aliphatic rings. The molecule has 1 saturated carbocycles. The van der Waals surface area contributed by atoms with E-state index in [4.69, 9.17) is 13.8 Å². The molecular formula is C20H37NO12P2S. The van der Waals surface area contributed by atoms with Crippen LogP contribution in [0.25, 0.3) is 0 Å². The number of carbonyl (C=O) groups is 3. The molecule has 1 aliphatic carbocycles. The van der Waals surface area contributed by atoms with Crippen LogP contribution in [-0.4, -0.2) is 66.9 Å². The summed E-state index contributed by atoms with van der Waals surface area (Å²) in [6.07, 6.45) is 2.55. The number of amides is 1. The maximum Gasteiger partial charge on any atom is 0.322 e. The summed E-state index contributed by atoms with van der Waals surface area (Å²) in [5, 5.41) is 12.1. The van der Waals surface area contributed by atoms with Gasteiger partial charge in [0.25, 0.3) is 10.1 Å². The maximum atomic E-state index is 12.6. The van der Waals surface area contributed by atoms with Crippen LogP contribution in [0.5, 0.6) is 0 Å². The Morgan fingerprint density at radius 3 is 2.28 bits per heavy atom. The van der Waals surface area contributed by atoms with Gasteiger partial charge in [0.2, 0.25) is 13.9 Å². The van der Waals surface area contributed by atoms with Crippen molar-refractivity contribution in [1.29, 1.82) is 0 Å². The molecule has 1 amide bonds. The SMILES string of the molecule is CC(=O)NCCCS(=O)(=O)OC(CCOC(=O)C1CCCCC1)C(C)(C)[C@H](C(=O)O)[PH](=O)O[PH](=O)O. The molecule has 4 atom stereocenters. The van der Waals surface area contributed by atoms with Crippen molar-refractivity contribution in [2.75, 3.05) is 18.9 Å². The minimum atomic E-state index is -4.26. The summed E-state index contributed by atoms with van der Waals surface area (Å²) < 4.78 is 63.8. The molecule has 0 aromatic carbocycles. The fraction of sp³-hybridized carbons (Fsp3) is 0.850. The Morgan fingerprint density at radius 2 is 1.75 bits per heavy atom. The van der Waals surface area contributed by atoms with Crippen molar-refractivity contribution in [3.05, 3.63) is 0 Å². The van der Waals surface area contributed by atoms with Gasteiger partial charge in [-0.25, -0.2) is 0 Å². The molecule has 13 nitrogen and oxygen atoms in total. The van der Waals surface area contributed by atoms with Gasteiger partial charge < -0.3 is 20.1 Å². The Balaban J connectivity index is 3.06. The summed E-state index contributed by atoms with van der Waals surface area (Å²) in [6, 6.07) is 0. The number of hydrogen-bond donors (Lipinski definition) is 3. The van der Waals surface area contributed by atoms with Crippen molar-refractivity contribution < 1.29 is 55.2 Å². The van der Waals surface area contributed by atoms with E-state index in [0.29, 0.717) is 12.8 Å². The molecule has 0 radical (unpaired) electrons. The zero-order valence-electron chi connectivity index (χ0n) is 20.7. The predicted octanol–water partition coefficient (Wildman–Crippen LogP) is 2.09. The molecule has 1 rings (SSSR count). The monoisotopic (exact) mass is 577 g/mol. The van der Waals surface area contributed by atoms with Gasteiger partial charge in [0.15, 0.2) is 0 Å². The summed E-state index contributed by atoms with van der Waals surface area (Å²) in [4.78, 5) is 44.3. The van der Waals surface area contributed by atoms with Gasteiger partial charge >= 0.3 is 20.2 Å². The average molecular weight is 578 g/mol. The highest BCUT2D eigenvalue weighted by atomic mass is 32.2. The van der Waals surface area contributed by atoms with Crippen molar-refractivity contribution in [1.82, 2.24) is 5.32 Å². The van der Waals surface area contributed by atoms with Gasteiger partial charge in [0.05, 0.1) is 24.4 Å². The summed E-state index contributed by atoms with van der Waals surface area (Å²) in [7, 11) is -11.7. The zero-order chi connectivity index (χ0) is 27.5. The molecule has 0 saturated heterocycles. The molecule has 3 unspecified atom stereocenters. The van der Waals surface area contributed by atoms with Gasteiger partial charge in [-0.2, -0.15) is 8.42 Å². The zero-order valence-corrected chi connectivity index (χ0v) is 23.5. The van der Waals surface area contributed by atoms with E-state index in [9.17, 15) is 37.0 Å². The third-order valence-electron chi connectivity index (χ3n) is 6.02. The summed E-state index contributed by atoms with van der Waals surface area (Å²) in [5.41, 5.74) is -3.57. The Bertz CT molecular complexity index is 918. The number of carboxylic acid groups (broad SMARTS) is 1. The standard InChI is InChI=1S/C20H37NO12P2S/c1-14(22)21-11-7-13-36(29,30)32-16(10-12-31-19(25)15-8-5-4-6-9-15)20(2,3)17(18(23)24)34(26)33-35(27)28/h15-17,34-35H,4-13H2,1-3H3,(H,21,22)(H,23,24)(H,27,28)/t16?,17-/m0/s1. The van der Waals surface area contributed by atoms with Crippen LogP contribution in [0.3, 0.4) is 0 Å². The van der Waals surface area contributed by atoms with Gasteiger partial charge in [-0.1, -0.05) is 33.1 Å². The van der Waals surface area contributed by atoms with Crippen LogP contribution in [0, 0.1) is 11.3 Å². The lowest BCUT2D eigenvalue weighted by atomic mass is 9.81. The fourth-order valence-corrected chi connectivity index (χ4v) is 7.51. The topological polar surface area (TPSA) is 200 Å². The van der Waals surface area contributed by atoms with Crippen LogP contribution in [0.2, 0.25) is 0 Å². The number of carbonyl (C=O) groups excluding carboxylic acids is 2. The molecule has 1 fully saturated rings. The number of carboxylic acids is 1. The van der Waals surface area contributed by atoms with E-state index in [2.05, 4.69) is 9.63 Å². The number of aliphatic carboxylic acids is 1. The molecule has 0 heterocycles. The number of rotatable bonds is 16. The molecule has 36 heavy (non-hydrogen) atoms. The summed E-state index contributed by atoms with van der Waals surface area (Å²) >= 11 is 0. The normalized spacial score (nSPS) is 18.6. The molecule has 0 spiro atoms. The lowest BCUT2D eigenvalue weighted by Crippen LogP contribution is -2.46. The van der Waals surface area contributed by atoms with E-state index < -0.39 is 61.3 Å². The van der Waals surface area contributed by atoms with Gasteiger partial charge in [0, 0.05) is 25.3 Å². The average Bonchev–Trinajstić information content (AvgIpc) is 2.75. The lowest BCUT2D eigenvalue weighted by Gasteiger charge is -2.37. The van der Waals surface area contributed by atoms with Gasteiger partial charge in [-0.15, -0.1) is 0 Å². The Morgan fingerprint density at radius 1 is 1.14 bits per heavy atom. The summed E-state index contributed by atoms with van der Waals surface area (Å²) in [5.74, 6) is -3.18. The quantitative estimate of drug-likeness (QED) is 0.105. The Labute approximate surface area is 212 Å². The second-order valence-corrected chi connectivity index (χ2v) is 13.5. The number of hydrogen-bond acceptors (Lipinski definition) is 10. The van der Waals surface area contributed by atoms with E-state index >= 15 is 0 Å². The van der Waals surface area contributed by atoms with E-state index in [0.717, 1.165) is 19.3 Å². The van der Waals surface area contributed by atoms with E-state index in [1.807, 2.05) is 0 Å². The van der Waals surface area contributed by atoms with Crippen molar-refractivity contribution >= 4 is 44.2 Å². The van der Waals surface area contributed by atoms with Crippen molar-refractivity contribution in [3.63, 3.8) is 0 Å². The number of ether oxygens (including phenoxy) is 1. The second-order valence-electron chi connectivity index (χ2n) is 9.25. The van der Waals surface area contributed by atoms with Crippen molar-refractivity contribution in [3.8, 4) is 0 Å². The van der Waals surface area contributed by atoms with Crippen molar-refractivity contribution in [2.45, 2.75) is 77.5 Å². The minimum absolute atomic E-state index is 0.0142. The first kappa shape index (κ1) is 32.7. The first-order chi connectivity index (χ1) is 16.7. The van der Waals surface area contributed by atoms with E-state index in [-0.39, 0.29) is 37.8 Å². The third-order valence-corrected chi connectivity index (χ3v) is 10.3. The molecule has 0 aromatic heterocycles. The highest BCUT2D eigenvalue weighted by Gasteiger charge is 2.48. The number of esters is 1. The smallest absolute Gasteiger partial charge is 0.322 e. The largest absolute Gasteiger partial charge is 0.481 e. The van der Waals surface area contributed by atoms with Crippen LogP contribution >= 0.6 is 16.3 Å². The highest BCUT2D eigenvalue weighted by molar-refractivity contribution is 7.86. The molecular weight excluding hydrogens is 540 g/mol. The van der Waals surface area contributed by atoms with Crippen LogP contribution in [0.4, 0.5) is 0 Å². The van der Waals surface area contributed by atoms with Gasteiger partial charge in [-0.3, -0.25) is 32.0 Å². The molecule has 0 aliphatic heterocycles. The maximum absolute atomic E-state index is 12.6. The van der Waals surface area contributed by atoms with Crippen LogP contribution in [-0.2, 0) is 46.9 Å².